The lowest BCUT2D eigenvalue weighted by atomic mass is 9.85. The molecule has 156 valence electrons. The number of hydrogen-bond acceptors (Lipinski definition) is 3. The van der Waals surface area contributed by atoms with Crippen molar-refractivity contribution in [2.45, 2.75) is 37.5 Å². The minimum Gasteiger partial charge on any atom is -0.481 e. The summed E-state index contributed by atoms with van der Waals surface area (Å²) in [5.41, 5.74) is 3.06. The first-order valence-corrected chi connectivity index (χ1v) is 10.3. The van der Waals surface area contributed by atoms with Crippen LogP contribution >= 0.6 is 0 Å². The van der Waals surface area contributed by atoms with Crippen molar-refractivity contribution in [1.82, 2.24) is 14.6 Å². The molecule has 0 unspecified atom stereocenters. The van der Waals surface area contributed by atoms with Crippen LogP contribution in [0, 0.1) is 5.82 Å². The van der Waals surface area contributed by atoms with Crippen molar-refractivity contribution >= 4 is 11.6 Å². The van der Waals surface area contributed by atoms with E-state index in [1.807, 2.05) is 28.8 Å². The predicted molar refractivity (Wildman–Crippen MR) is 115 cm³/mol. The van der Waals surface area contributed by atoms with E-state index in [2.05, 4.69) is 22.3 Å². The zero-order valence-electron chi connectivity index (χ0n) is 17.3. The number of hydrogen-bond donors (Lipinski definition) is 1. The van der Waals surface area contributed by atoms with Crippen molar-refractivity contribution in [2.75, 3.05) is 0 Å². The molecule has 1 fully saturated rings. The fourth-order valence-electron chi connectivity index (χ4n) is 4.24. The SMILES string of the molecule is CC(C)(C(=O)O)c1cccn2c(C3(c4ccc(-c5ccc(F)cc5)cc4)CC3)nnc12. The molecule has 0 bridgehead atoms. The van der Waals surface area contributed by atoms with Crippen LogP contribution < -0.4 is 0 Å². The number of nitrogens with zero attached hydrogens (tertiary/aromatic N) is 3. The molecule has 31 heavy (non-hydrogen) atoms. The summed E-state index contributed by atoms with van der Waals surface area (Å²) in [6, 6.07) is 18.4. The van der Waals surface area contributed by atoms with Crippen molar-refractivity contribution in [1.29, 1.82) is 0 Å². The first-order valence-electron chi connectivity index (χ1n) is 10.3. The van der Waals surface area contributed by atoms with Crippen molar-refractivity contribution in [3.63, 3.8) is 0 Å². The Balaban J connectivity index is 1.55. The smallest absolute Gasteiger partial charge is 0.313 e. The summed E-state index contributed by atoms with van der Waals surface area (Å²) in [4.78, 5) is 11.8. The fourth-order valence-corrected chi connectivity index (χ4v) is 4.24. The van der Waals surface area contributed by atoms with Crippen LogP contribution in [-0.4, -0.2) is 25.7 Å². The summed E-state index contributed by atoms with van der Waals surface area (Å²) < 4.78 is 15.1. The Kier molecular flexibility index (Phi) is 4.22. The summed E-state index contributed by atoms with van der Waals surface area (Å²) in [7, 11) is 0. The van der Waals surface area contributed by atoms with Gasteiger partial charge in [0.2, 0.25) is 0 Å². The van der Waals surface area contributed by atoms with Gasteiger partial charge in [-0.3, -0.25) is 9.20 Å². The largest absolute Gasteiger partial charge is 0.481 e. The number of aromatic nitrogens is 3. The topological polar surface area (TPSA) is 67.5 Å². The second kappa shape index (κ2) is 6.74. The Morgan fingerprint density at radius 3 is 2.19 bits per heavy atom. The van der Waals surface area contributed by atoms with Crippen molar-refractivity contribution < 1.29 is 14.3 Å². The summed E-state index contributed by atoms with van der Waals surface area (Å²) >= 11 is 0. The van der Waals surface area contributed by atoms with Gasteiger partial charge in [0.25, 0.3) is 0 Å². The molecule has 0 spiro atoms. The Bertz CT molecular complexity index is 1290. The van der Waals surface area contributed by atoms with Gasteiger partial charge in [-0.1, -0.05) is 42.5 Å². The molecule has 5 nitrogen and oxygen atoms in total. The van der Waals surface area contributed by atoms with Crippen molar-refractivity contribution in [3.8, 4) is 11.1 Å². The molecule has 0 aliphatic heterocycles. The van der Waals surface area contributed by atoms with Crippen LogP contribution in [0.2, 0.25) is 0 Å². The number of benzene rings is 2. The minimum absolute atomic E-state index is 0.229. The van der Waals surface area contributed by atoms with Gasteiger partial charge in [-0.25, -0.2) is 4.39 Å². The number of carboxylic acids is 1. The highest BCUT2D eigenvalue weighted by Gasteiger charge is 2.50. The maximum Gasteiger partial charge on any atom is 0.313 e. The first-order chi connectivity index (χ1) is 14.8. The van der Waals surface area contributed by atoms with Crippen molar-refractivity contribution in [3.05, 3.63) is 89.6 Å². The molecule has 2 aromatic carbocycles. The summed E-state index contributed by atoms with van der Waals surface area (Å²) in [5.74, 6) is -0.316. The molecule has 4 aromatic rings. The van der Waals surface area contributed by atoms with Crippen LogP contribution in [0.1, 0.15) is 43.6 Å². The zero-order chi connectivity index (χ0) is 21.8. The Morgan fingerprint density at radius 1 is 1.00 bits per heavy atom. The predicted octanol–water partition coefficient (Wildman–Crippen LogP) is 4.98. The second-order valence-corrected chi connectivity index (χ2v) is 8.74. The molecule has 2 aromatic heterocycles. The van der Waals surface area contributed by atoms with E-state index in [0.29, 0.717) is 11.2 Å². The van der Waals surface area contributed by atoms with Gasteiger partial charge in [-0.15, -0.1) is 10.2 Å². The quantitative estimate of drug-likeness (QED) is 0.499. The molecule has 5 rings (SSSR count). The number of halogens is 1. The molecule has 6 heteroatoms. The highest BCUT2D eigenvalue weighted by molar-refractivity contribution is 5.83. The molecule has 1 saturated carbocycles. The van der Waals surface area contributed by atoms with Gasteiger partial charge in [0.1, 0.15) is 11.6 Å². The highest BCUT2D eigenvalue weighted by atomic mass is 19.1. The maximum atomic E-state index is 13.2. The fraction of sp³-hybridized carbons (Fsp3) is 0.240. The van der Waals surface area contributed by atoms with Crippen LogP contribution in [0.3, 0.4) is 0 Å². The Hall–Kier alpha value is -3.54. The normalized spacial score (nSPS) is 15.2. The molecule has 1 aliphatic rings. The molecule has 2 heterocycles. The Morgan fingerprint density at radius 2 is 1.61 bits per heavy atom. The van der Waals surface area contributed by atoms with Crippen LogP contribution in [0.25, 0.3) is 16.8 Å². The van der Waals surface area contributed by atoms with E-state index in [1.54, 1.807) is 32.0 Å². The minimum atomic E-state index is -1.07. The Labute approximate surface area is 179 Å². The molecule has 1 N–H and O–H groups in total. The number of carboxylic acid groups (broad SMARTS) is 1. The van der Waals surface area contributed by atoms with Gasteiger partial charge in [0.15, 0.2) is 5.65 Å². The van der Waals surface area contributed by atoms with Crippen LogP contribution in [0.5, 0.6) is 0 Å². The lowest BCUT2D eigenvalue weighted by molar-refractivity contribution is -0.142. The lowest BCUT2D eigenvalue weighted by Crippen LogP contribution is -2.29. The van der Waals surface area contributed by atoms with Gasteiger partial charge in [0, 0.05) is 11.8 Å². The summed E-state index contributed by atoms with van der Waals surface area (Å²) in [5, 5.41) is 18.6. The molecule has 0 amide bonds. The molecular formula is C25H22FN3O2. The number of aliphatic carboxylic acids is 1. The highest BCUT2D eigenvalue weighted by Crippen LogP contribution is 2.53. The van der Waals surface area contributed by atoms with E-state index in [0.717, 1.165) is 35.4 Å². The number of pyridine rings is 1. The molecular weight excluding hydrogens is 393 g/mol. The third-order valence-electron chi connectivity index (χ3n) is 6.44. The van der Waals surface area contributed by atoms with E-state index in [9.17, 15) is 14.3 Å². The van der Waals surface area contributed by atoms with Gasteiger partial charge in [-0.2, -0.15) is 0 Å². The molecule has 0 atom stereocenters. The number of carbonyl (C=O) groups is 1. The van der Waals surface area contributed by atoms with E-state index < -0.39 is 11.4 Å². The van der Waals surface area contributed by atoms with E-state index >= 15 is 0 Å². The number of rotatable bonds is 5. The van der Waals surface area contributed by atoms with Gasteiger partial charge < -0.3 is 5.11 Å². The maximum absolute atomic E-state index is 13.2. The summed E-state index contributed by atoms with van der Waals surface area (Å²) in [6.45, 7) is 3.36. The summed E-state index contributed by atoms with van der Waals surface area (Å²) in [6.07, 6.45) is 3.81. The van der Waals surface area contributed by atoms with Crippen LogP contribution in [0.4, 0.5) is 4.39 Å². The average molecular weight is 415 g/mol. The molecule has 0 saturated heterocycles. The van der Waals surface area contributed by atoms with Crippen LogP contribution in [-0.2, 0) is 15.6 Å². The zero-order valence-corrected chi connectivity index (χ0v) is 17.3. The van der Waals surface area contributed by atoms with E-state index in [1.165, 1.54) is 12.1 Å². The second-order valence-electron chi connectivity index (χ2n) is 8.74. The van der Waals surface area contributed by atoms with Gasteiger partial charge in [-0.05, 0) is 61.6 Å². The molecule has 0 radical (unpaired) electrons. The van der Waals surface area contributed by atoms with Crippen LogP contribution in [0.15, 0.2) is 66.9 Å². The molecule has 1 aliphatic carbocycles. The van der Waals surface area contributed by atoms with Gasteiger partial charge in [0.05, 0.1) is 10.8 Å². The monoisotopic (exact) mass is 415 g/mol. The van der Waals surface area contributed by atoms with E-state index in [-0.39, 0.29) is 11.2 Å². The third-order valence-corrected chi connectivity index (χ3v) is 6.44. The first kappa shape index (κ1) is 19.4. The van der Waals surface area contributed by atoms with E-state index in [4.69, 9.17) is 0 Å². The average Bonchev–Trinajstić information content (AvgIpc) is 3.46. The number of fused-ring (bicyclic) bond motifs is 1. The standard InChI is InChI=1S/C25H22FN3O2/c1-24(2,23(30)31)20-4-3-15-29-21(20)27-28-22(29)25(13-14-25)18-9-5-16(6-10-18)17-7-11-19(26)12-8-17/h3-12,15H,13-14H2,1-2H3,(H,30,31). The third kappa shape index (κ3) is 3.02. The lowest BCUT2D eigenvalue weighted by Gasteiger charge is -2.20. The van der Waals surface area contributed by atoms with Gasteiger partial charge >= 0.3 is 5.97 Å². The van der Waals surface area contributed by atoms with Crippen molar-refractivity contribution in [2.24, 2.45) is 0 Å².